The molecule has 0 aliphatic carbocycles. The molecule has 0 unspecified atom stereocenters. The number of anilines is 1. The maximum atomic E-state index is 13.8. The molecule has 0 atom stereocenters. The lowest BCUT2D eigenvalue weighted by molar-refractivity contribution is 0.412. The third-order valence-corrected chi connectivity index (χ3v) is 5.32. The van der Waals surface area contributed by atoms with Crippen LogP contribution in [0.2, 0.25) is 5.02 Å². The molecule has 0 saturated heterocycles. The Morgan fingerprint density at radius 2 is 1.81 bits per heavy atom. The lowest BCUT2D eigenvalue weighted by atomic mass is 10.1. The van der Waals surface area contributed by atoms with E-state index in [-0.39, 0.29) is 5.82 Å². The molecule has 31 heavy (non-hydrogen) atoms. The van der Waals surface area contributed by atoms with E-state index >= 15 is 0 Å². The van der Waals surface area contributed by atoms with E-state index in [0.29, 0.717) is 22.2 Å². The minimum Gasteiger partial charge on any atom is -0.496 e. The number of imidazole rings is 1. The van der Waals surface area contributed by atoms with Crippen molar-refractivity contribution in [3.63, 3.8) is 0 Å². The van der Waals surface area contributed by atoms with Crippen LogP contribution in [0.15, 0.2) is 73.2 Å². The molecule has 4 aromatic rings. The SMILES string of the molecule is COc1cc(F)ccc1-c1nc(CCN(C)c2ccncc2)cn1-c1ccc(Cl)cc1. The van der Waals surface area contributed by atoms with Crippen LogP contribution in [-0.4, -0.2) is 35.2 Å². The first-order valence-corrected chi connectivity index (χ1v) is 10.2. The number of likely N-dealkylation sites (N-methyl/N-ethyl adjacent to an activating group) is 1. The Hall–Kier alpha value is -3.38. The van der Waals surface area contributed by atoms with Gasteiger partial charge in [-0.3, -0.25) is 9.55 Å². The zero-order chi connectivity index (χ0) is 21.8. The molecular formula is C24H22ClFN4O. The number of ether oxygens (including phenoxy) is 1. The summed E-state index contributed by atoms with van der Waals surface area (Å²) in [5.74, 6) is 0.756. The van der Waals surface area contributed by atoms with Crippen molar-refractivity contribution >= 4 is 17.3 Å². The van der Waals surface area contributed by atoms with E-state index in [9.17, 15) is 4.39 Å². The Morgan fingerprint density at radius 3 is 2.52 bits per heavy atom. The highest BCUT2D eigenvalue weighted by molar-refractivity contribution is 6.30. The van der Waals surface area contributed by atoms with Crippen LogP contribution in [0.25, 0.3) is 17.1 Å². The van der Waals surface area contributed by atoms with Crippen molar-refractivity contribution in [2.75, 3.05) is 25.6 Å². The number of nitrogens with zero attached hydrogens (tertiary/aromatic N) is 4. The van der Waals surface area contributed by atoms with Crippen LogP contribution in [0, 0.1) is 5.82 Å². The van der Waals surface area contributed by atoms with Gasteiger partial charge in [-0.25, -0.2) is 9.37 Å². The third-order valence-electron chi connectivity index (χ3n) is 5.07. The first-order chi connectivity index (χ1) is 15.0. The number of benzene rings is 2. The second-order valence-corrected chi connectivity index (χ2v) is 7.56. The van der Waals surface area contributed by atoms with Crippen LogP contribution < -0.4 is 9.64 Å². The van der Waals surface area contributed by atoms with Gasteiger partial charge in [-0.2, -0.15) is 0 Å². The minimum atomic E-state index is -0.357. The van der Waals surface area contributed by atoms with E-state index in [2.05, 4.69) is 9.88 Å². The van der Waals surface area contributed by atoms with Crippen LogP contribution in [0.1, 0.15) is 5.69 Å². The predicted octanol–water partition coefficient (Wildman–Crippen LogP) is 5.41. The van der Waals surface area contributed by atoms with E-state index in [4.69, 9.17) is 21.3 Å². The second kappa shape index (κ2) is 9.18. The maximum Gasteiger partial charge on any atom is 0.148 e. The second-order valence-electron chi connectivity index (χ2n) is 7.12. The average molecular weight is 437 g/mol. The van der Waals surface area contributed by atoms with E-state index in [1.54, 1.807) is 18.5 Å². The van der Waals surface area contributed by atoms with Crippen molar-refractivity contribution < 1.29 is 9.13 Å². The summed E-state index contributed by atoms with van der Waals surface area (Å²) in [4.78, 5) is 11.1. The number of pyridine rings is 1. The molecule has 5 nitrogen and oxygen atoms in total. The summed E-state index contributed by atoms with van der Waals surface area (Å²) >= 11 is 6.07. The van der Waals surface area contributed by atoms with Gasteiger partial charge in [0.2, 0.25) is 0 Å². The van der Waals surface area contributed by atoms with E-state index in [1.165, 1.54) is 19.2 Å². The van der Waals surface area contributed by atoms with Crippen LogP contribution in [0.4, 0.5) is 10.1 Å². The number of aromatic nitrogens is 3. The molecule has 0 amide bonds. The monoisotopic (exact) mass is 436 g/mol. The standard InChI is InChI=1S/C24H22ClFN4O/c1-29(20-9-12-27-13-10-20)14-11-19-16-30(21-6-3-17(25)4-7-21)24(28-19)22-8-5-18(26)15-23(22)31-2/h3-10,12-13,15-16H,11,14H2,1-2H3. The smallest absolute Gasteiger partial charge is 0.148 e. The topological polar surface area (TPSA) is 43.2 Å². The molecule has 158 valence electrons. The van der Waals surface area contributed by atoms with Gasteiger partial charge in [-0.1, -0.05) is 11.6 Å². The van der Waals surface area contributed by atoms with E-state index < -0.39 is 0 Å². The zero-order valence-corrected chi connectivity index (χ0v) is 18.1. The zero-order valence-electron chi connectivity index (χ0n) is 17.3. The fraction of sp³-hybridized carbons (Fsp3) is 0.167. The molecule has 0 N–H and O–H groups in total. The molecular weight excluding hydrogens is 415 g/mol. The quantitative estimate of drug-likeness (QED) is 0.388. The van der Waals surface area contributed by atoms with Crippen molar-refractivity contribution in [2.45, 2.75) is 6.42 Å². The summed E-state index contributed by atoms with van der Waals surface area (Å²) in [5.41, 5.74) is 3.63. The molecule has 2 aromatic carbocycles. The van der Waals surface area contributed by atoms with Crippen molar-refractivity contribution in [1.82, 2.24) is 14.5 Å². The van der Waals surface area contributed by atoms with Gasteiger partial charge in [0.15, 0.2) is 0 Å². The Balaban J connectivity index is 1.70. The summed E-state index contributed by atoms with van der Waals surface area (Å²) in [5, 5.41) is 0.656. The van der Waals surface area contributed by atoms with Crippen molar-refractivity contribution in [3.8, 4) is 22.8 Å². The summed E-state index contributed by atoms with van der Waals surface area (Å²) in [6.07, 6.45) is 6.29. The first kappa shape index (κ1) is 20.9. The third kappa shape index (κ3) is 4.70. The fourth-order valence-electron chi connectivity index (χ4n) is 3.40. The Morgan fingerprint density at radius 1 is 1.06 bits per heavy atom. The summed E-state index contributed by atoms with van der Waals surface area (Å²) < 4.78 is 21.2. The summed E-state index contributed by atoms with van der Waals surface area (Å²) in [6, 6.07) is 15.9. The summed E-state index contributed by atoms with van der Waals surface area (Å²) in [7, 11) is 3.56. The maximum absolute atomic E-state index is 13.8. The van der Waals surface area contributed by atoms with Crippen LogP contribution in [-0.2, 0) is 6.42 Å². The molecule has 2 aromatic heterocycles. The number of methoxy groups -OCH3 is 1. The number of hydrogen-bond donors (Lipinski definition) is 0. The van der Waals surface area contributed by atoms with Gasteiger partial charge >= 0.3 is 0 Å². The number of hydrogen-bond acceptors (Lipinski definition) is 4. The van der Waals surface area contributed by atoms with E-state index in [0.717, 1.165) is 30.0 Å². The Bertz CT molecular complexity index is 1160. The molecule has 0 saturated carbocycles. The molecule has 0 aliphatic heterocycles. The Kier molecular flexibility index (Phi) is 6.18. The van der Waals surface area contributed by atoms with Crippen LogP contribution in [0.3, 0.4) is 0 Å². The molecule has 0 radical (unpaired) electrons. The fourth-order valence-corrected chi connectivity index (χ4v) is 3.52. The molecule has 0 spiro atoms. The minimum absolute atomic E-state index is 0.357. The van der Waals surface area contributed by atoms with Crippen molar-refractivity contribution in [2.24, 2.45) is 0 Å². The average Bonchev–Trinajstić information content (AvgIpc) is 3.22. The molecule has 0 fully saturated rings. The molecule has 4 rings (SSSR count). The molecule has 0 aliphatic rings. The normalized spacial score (nSPS) is 10.8. The highest BCUT2D eigenvalue weighted by Crippen LogP contribution is 2.32. The Labute approximate surface area is 185 Å². The van der Waals surface area contributed by atoms with E-state index in [1.807, 2.05) is 54.2 Å². The molecule has 7 heteroatoms. The summed E-state index contributed by atoms with van der Waals surface area (Å²) in [6.45, 7) is 0.779. The van der Waals surface area contributed by atoms with Gasteiger partial charge in [0, 0.05) is 61.1 Å². The largest absolute Gasteiger partial charge is 0.496 e. The van der Waals surface area contributed by atoms with Gasteiger partial charge in [0.1, 0.15) is 17.4 Å². The molecule has 0 bridgehead atoms. The van der Waals surface area contributed by atoms with Gasteiger partial charge in [0.25, 0.3) is 0 Å². The highest BCUT2D eigenvalue weighted by Gasteiger charge is 2.17. The van der Waals surface area contributed by atoms with Crippen molar-refractivity contribution in [3.05, 3.63) is 89.7 Å². The van der Waals surface area contributed by atoms with Gasteiger partial charge in [0.05, 0.1) is 18.4 Å². The lowest BCUT2D eigenvalue weighted by Crippen LogP contribution is -2.20. The molecule has 2 heterocycles. The van der Waals surface area contributed by atoms with Crippen LogP contribution >= 0.6 is 11.6 Å². The van der Waals surface area contributed by atoms with Crippen molar-refractivity contribution in [1.29, 1.82) is 0 Å². The predicted molar refractivity (Wildman–Crippen MR) is 122 cm³/mol. The first-order valence-electron chi connectivity index (χ1n) is 9.84. The van der Waals surface area contributed by atoms with Crippen LogP contribution in [0.5, 0.6) is 5.75 Å². The highest BCUT2D eigenvalue weighted by atomic mass is 35.5. The lowest BCUT2D eigenvalue weighted by Gasteiger charge is -2.18. The number of rotatable bonds is 7. The van der Waals surface area contributed by atoms with Gasteiger partial charge < -0.3 is 9.64 Å². The van der Waals surface area contributed by atoms with Gasteiger partial charge in [-0.05, 0) is 48.5 Å². The van der Waals surface area contributed by atoms with Gasteiger partial charge in [-0.15, -0.1) is 0 Å². The number of halogens is 2.